The molecule has 3 N–H and O–H groups in total. The van der Waals surface area contributed by atoms with Gasteiger partial charge in [-0.15, -0.1) is 0 Å². The Morgan fingerprint density at radius 3 is 2.00 bits per heavy atom. The molecule has 0 saturated heterocycles. The molecule has 100 valence electrons. The minimum absolute atomic E-state index is 0.0995. The molecule has 1 atom stereocenters. The lowest BCUT2D eigenvalue weighted by Gasteiger charge is -2.35. The summed E-state index contributed by atoms with van der Waals surface area (Å²) in [5.41, 5.74) is 3.73. The second kappa shape index (κ2) is 5.38. The number of rotatable bonds is 4. The van der Waals surface area contributed by atoms with Crippen molar-refractivity contribution < 1.29 is 14.3 Å². The second-order valence-electron chi connectivity index (χ2n) is 5.47. The molecule has 0 aliphatic rings. The average molecular weight is 244 g/mol. The molecule has 0 rings (SSSR count). The molecular formula is C12H24N2O3. The maximum absolute atomic E-state index is 11.7. The van der Waals surface area contributed by atoms with Gasteiger partial charge in [-0.3, -0.25) is 4.79 Å². The summed E-state index contributed by atoms with van der Waals surface area (Å²) in [7, 11) is 0. The van der Waals surface area contributed by atoms with Crippen molar-refractivity contribution in [1.29, 1.82) is 0 Å². The van der Waals surface area contributed by atoms with Crippen molar-refractivity contribution in [2.24, 2.45) is 11.7 Å². The molecule has 2 amide bonds. The van der Waals surface area contributed by atoms with Crippen LogP contribution in [-0.4, -0.2) is 23.1 Å². The number of hydrogen-bond donors (Lipinski definition) is 2. The van der Waals surface area contributed by atoms with E-state index < -0.39 is 23.1 Å². The Labute approximate surface area is 103 Å². The Hall–Kier alpha value is -1.26. The number of amides is 2. The molecule has 0 aromatic heterocycles. The van der Waals surface area contributed by atoms with Gasteiger partial charge < -0.3 is 15.8 Å². The number of ether oxygens (including phenoxy) is 1. The van der Waals surface area contributed by atoms with Crippen LogP contribution in [0.25, 0.3) is 0 Å². The molecule has 0 aliphatic carbocycles. The third-order valence-corrected chi connectivity index (χ3v) is 2.71. The number of alkyl carbamates (subject to hydrolysis) is 1. The van der Waals surface area contributed by atoms with Crippen LogP contribution in [-0.2, 0) is 9.53 Å². The van der Waals surface area contributed by atoms with Crippen LogP contribution in [0.5, 0.6) is 0 Å². The molecular weight excluding hydrogens is 220 g/mol. The lowest BCUT2D eigenvalue weighted by atomic mass is 9.83. The summed E-state index contributed by atoms with van der Waals surface area (Å²) >= 11 is 0. The van der Waals surface area contributed by atoms with Crippen LogP contribution in [0.15, 0.2) is 0 Å². The highest BCUT2D eigenvalue weighted by atomic mass is 16.6. The fourth-order valence-corrected chi connectivity index (χ4v) is 1.65. The van der Waals surface area contributed by atoms with Gasteiger partial charge in [-0.2, -0.15) is 0 Å². The lowest BCUT2D eigenvalue weighted by molar-refractivity contribution is -0.126. The molecule has 17 heavy (non-hydrogen) atoms. The van der Waals surface area contributed by atoms with Gasteiger partial charge in [0.2, 0.25) is 5.91 Å². The van der Waals surface area contributed by atoms with Gasteiger partial charge in [0.15, 0.2) is 0 Å². The molecule has 0 aromatic carbocycles. The van der Waals surface area contributed by atoms with Gasteiger partial charge in [0, 0.05) is 0 Å². The van der Waals surface area contributed by atoms with Crippen molar-refractivity contribution in [2.75, 3.05) is 0 Å². The van der Waals surface area contributed by atoms with Crippen molar-refractivity contribution in [3.05, 3.63) is 0 Å². The smallest absolute Gasteiger partial charge is 0.408 e. The summed E-state index contributed by atoms with van der Waals surface area (Å²) in [6.07, 6.45) is -0.189. The van der Waals surface area contributed by atoms with Crippen molar-refractivity contribution in [3.63, 3.8) is 0 Å². The summed E-state index contributed by atoms with van der Waals surface area (Å²) in [6, 6.07) is 0. The van der Waals surface area contributed by atoms with Crippen LogP contribution < -0.4 is 11.1 Å². The van der Waals surface area contributed by atoms with Crippen LogP contribution in [0, 0.1) is 5.92 Å². The Balaban J connectivity index is 4.89. The molecule has 0 aliphatic heterocycles. The topological polar surface area (TPSA) is 81.4 Å². The second-order valence-corrected chi connectivity index (χ2v) is 5.47. The number of carbonyl (C=O) groups is 2. The van der Waals surface area contributed by atoms with E-state index in [4.69, 9.17) is 10.5 Å². The minimum Gasteiger partial charge on any atom is -0.444 e. The van der Waals surface area contributed by atoms with Crippen molar-refractivity contribution in [1.82, 2.24) is 5.32 Å². The van der Waals surface area contributed by atoms with E-state index in [9.17, 15) is 9.59 Å². The summed E-state index contributed by atoms with van der Waals surface area (Å²) in [5, 5.41) is 2.60. The molecule has 0 aromatic rings. The fourth-order valence-electron chi connectivity index (χ4n) is 1.65. The van der Waals surface area contributed by atoms with Gasteiger partial charge in [0.25, 0.3) is 0 Å². The first-order chi connectivity index (χ1) is 7.55. The zero-order valence-corrected chi connectivity index (χ0v) is 11.6. The minimum atomic E-state index is -1.05. The average Bonchev–Trinajstić information content (AvgIpc) is 2.09. The third kappa shape index (κ3) is 4.24. The monoisotopic (exact) mass is 244 g/mol. The molecule has 0 fully saturated rings. The lowest BCUT2D eigenvalue weighted by Crippen LogP contribution is -2.61. The van der Waals surface area contributed by atoms with Crippen LogP contribution >= 0.6 is 0 Å². The standard InChI is InChI=1S/C12H24N2O3/c1-7-12(8(2)3,9(13)15)14-10(16)17-11(4,5)6/h8H,7H2,1-6H3,(H2,13,15)(H,14,16). The predicted molar refractivity (Wildman–Crippen MR) is 66.4 cm³/mol. The largest absolute Gasteiger partial charge is 0.444 e. The molecule has 0 bridgehead atoms. The van der Waals surface area contributed by atoms with Gasteiger partial charge in [-0.1, -0.05) is 20.8 Å². The van der Waals surface area contributed by atoms with E-state index in [0.717, 1.165) is 0 Å². The van der Waals surface area contributed by atoms with E-state index in [1.807, 2.05) is 20.8 Å². The number of nitrogens with one attached hydrogen (secondary N) is 1. The highest BCUT2D eigenvalue weighted by Gasteiger charge is 2.40. The van der Waals surface area contributed by atoms with Gasteiger partial charge in [0.1, 0.15) is 11.1 Å². The molecule has 0 heterocycles. The third-order valence-electron chi connectivity index (χ3n) is 2.71. The maximum Gasteiger partial charge on any atom is 0.408 e. The summed E-state index contributed by atoms with van der Waals surface area (Å²) in [5.74, 6) is -0.640. The highest BCUT2D eigenvalue weighted by Crippen LogP contribution is 2.21. The Bertz CT molecular complexity index is 295. The van der Waals surface area contributed by atoms with E-state index in [-0.39, 0.29) is 5.92 Å². The summed E-state index contributed by atoms with van der Waals surface area (Å²) in [6.45, 7) is 10.8. The zero-order chi connectivity index (χ0) is 13.9. The first-order valence-electron chi connectivity index (χ1n) is 5.86. The van der Waals surface area contributed by atoms with Crippen LogP contribution in [0.2, 0.25) is 0 Å². The van der Waals surface area contributed by atoms with Crippen molar-refractivity contribution in [2.45, 2.75) is 59.1 Å². The maximum atomic E-state index is 11.7. The number of primary amides is 1. The Morgan fingerprint density at radius 1 is 1.29 bits per heavy atom. The molecule has 0 radical (unpaired) electrons. The predicted octanol–water partition coefficient (Wildman–Crippen LogP) is 1.80. The SMILES string of the molecule is CCC(NC(=O)OC(C)(C)C)(C(N)=O)C(C)C. The van der Waals surface area contributed by atoms with Gasteiger partial charge in [0.05, 0.1) is 0 Å². The first-order valence-corrected chi connectivity index (χ1v) is 5.86. The highest BCUT2D eigenvalue weighted by molar-refractivity contribution is 5.89. The number of carbonyl (C=O) groups excluding carboxylic acids is 2. The van der Waals surface area contributed by atoms with Crippen molar-refractivity contribution >= 4 is 12.0 Å². The normalized spacial score (nSPS) is 15.2. The Morgan fingerprint density at radius 2 is 1.76 bits per heavy atom. The summed E-state index contributed by atoms with van der Waals surface area (Å²) in [4.78, 5) is 23.2. The molecule has 1 unspecified atom stereocenters. The summed E-state index contributed by atoms with van der Waals surface area (Å²) < 4.78 is 5.14. The van der Waals surface area contributed by atoms with E-state index in [1.54, 1.807) is 20.8 Å². The Kier molecular flexibility index (Phi) is 4.98. The van der Waals surface area contributed by atoms with Gasteiger partial charge >= 0.3 is 6.09 Å². The van der Waals surface area contributed by atoms with Gasteiger partial charge in [-0.05, 0) is 33.1 Å². The van der Waals surface area contributed by atoms with Gasteiger partial charge in [-0.25, -0.2) is 4.79 Å². The molecule has 0 saturated carbocycles. The van der Waals surface area contributed by atoms with E-state index in [0.29, 0.717) is 6.42 Å². The van der Waals surface area contributed by atoms with E-state index in [2.05, 4.69) is 5.32 Å². The molecule has 0 spiro atoms. The van der Waals surface area contributed by atoms with Crippen LogP contribution in [0.3, 0.4) is 0 Å². The zero-order valence-electron chi connectivity index (χ0n) is 11.6. The first kappa shape index (κ1) is 15.7. The molecule has 5 nitrogen and oxygen atoms in total. The number of nitrogens with two attached hydrogens (primary N) is 1. The van der Waals surface area contributed by atoms with E-state index >= 15 is 0 Å². The van der Waals surface area contributed by atoms with Crippen LogP contribution in [0.1, 0.15) is 48.0 Å². The van der Waals surface area contributed by atoms with E-state index in [1.165, 1.54) is 0 Å². The van der Waals surface area contributed by atoms with Crippen molar-refractivity contribution in [3.8, 4) is 0 Å². The molecule has 5 heteroatoms. The number of hydrogen-bond acceptors (Lipinski definition) is 3. The fraction of sp³-hybridized carbons (Fsp3) is 0.833. The van der Waals surface area contributed by atoms with Crippen LogP contribution in [0.4, 0.5) is 4.79 Å². The quantitative estimate of drug-likeness (QED) is 0.791.